The number of unbranched alkanes of at least 4 members (excludes halogenated alkanes) is 2. The normalized spacial score (nSPS) is 11.7. The lowest BCUT2D eigenvalue weighted by molar-refractivity contribution is -0.907. The molecule has 0 fully saturated rings. The molecule has 0 aromatic carbocycles. The minimum atomic E-state index is -1.20. The van der Waals surface area contributed by atoms with Crippen molar-refractivity contribution < 1.29 is 34.2 Å². The fourth-order valence-electron chi connectivity index (χ4n) is 2.21. The van der Waals surface area contributed by atoms with Crippen LogP contribution in [0.15, 0.2) is 12.2 Å². The Bertz CT molecular complexity index is 350. The quantitative estimate of drug-likeness (QED) is 0.284. The van der Waals surface area contributed by atoms with Crippen LogP contribution in [0.1, 0.15) is 32.6 Å². The summed E-state index contributed by atoms with van der Waals surface area (Å²) in [6.45, 7) is 0.756. The van der Waals surface area contributed by atoms with Gasteiger partial charge < -0.3 is 15.3 Å². The van der Waals surface area contributed by atoms with Crippen LogP contribution in [-0.2, 0) is 14.4 Å². The summed E-state index contributed by atoms with van der Waals surface area (Å²) in [6.07, 6.45) is 7.20. The Morgan fingerprint density at radius 2 is 1.29 bits per heavy atom. The molecule has 0 radical (unpaired) electrons. The van der Waals surface area contributed by atoms with Crippen LogP contribution >= 0.6 is 0 Å². The largest absolute Gasteiger partial charge is 0.477 e. The van der Waals surface area contributed by atoms with Crippen LogP contribution in [0, 0.1) is 0 Å². The zero-order valence-corrected chi connectivity index (χ0v) is 12.3. The highest BCUT2D eigenvalue weighted by molar-refractivity contribution is 5.73. The molecule has 0 aromatic rings. The van der Waals surface area contributed by atoms with Gasteiger partial charge in [0.25, 0.3) is 0 Å². The van der Waals surface area contributed by atoms with E-state index in [9.17, 15) is 14.4 Å². The predicted octanol–water partition coefficient (Wildman–Crippen LogP) is 1.19. The summed E-state index contributed by atoms with van der Waals surface area (Å²) in [5, 5.41) is 26.8. The summed E-state index contributed by atoms with van der Waals surface area (Å²) in [5.74, 6) is -3.59. The Morgan fingerprint density at radius 1 is 0.857 bits per heavy atom. The van der Waals surface area contributed by atoms with Gasteiger partial charge in [0.05, 0.1) is 6.54 Å². The fourth-order valence-corrected chi connectivity index (χ4v) is 2.21. The number of carboxylic acids is 3. The van der Waals surface area contributed by atoms with Crippen LogP contribution < -0.4 is 0 Å². The standard InChI is InChI=1S/C14H23NO6/c1-2-3-4-5-6-7-8-15(9-12(16)17,10-13(18)19)11-14(20)21/h4-5H,2-3,6-11H2,1H3,(H2-,16,17,18,19,20,21)/p+1/b5-4+. The topological polar surface area (TPSA) is 112 Å². The van der Waals surface area contributed by atoms with Crippen LogP contribution in [0.2, 0.25) is 0 Å². The van der Waals surface area contributed by atoms with E-state index >= 15 is 0 Å². The van der Waals surface area contributed by atoms with Gasteiger partial charge in [-0.05, 0) is 12.8 Å². The second-order valence-electron chi connectivity index (χ2n) is 5.12. The molecule has 21 heavy (non-hydrogen) atoms. The first kappa shape index (κ1) is 19.1. The number of rotatable bonds is 12. The van der Waals surface area contributed by atoms with Gasteiger partial charge in [0.1, 0.15) is 0 Å². The van der Waals surface area contributed by atoms with Crippen molar-refractivity contribution >= 4 is 17.9 Å². The molecule has 0 aliphatic heterocycles. The first-order chi connectivity index (χ1) is 9.81. The highest BCUT2D eigenvalue weighted by Gasteiger charge is 2.35. The van der Waals surface area contributed by atoms with Crippen molar-refractivity contribution in [1.82, 2.24) is 0 Å². The van der Waals surface area contributed by atoms with Crippen LogP contribution in [-0.4, -0.2) is 63.9 Å². The van der Waals surface area contributed by atoms with Crippen molar-refractivity contribution in [2.45, 2.75) is 32.6 Å². The van der Waals surface area contributed by atoms with Crippen molar-refractivity contribution in [3.8, 4) is 0 Å². The van der Waals surface area contributed by atoms with Gasteiger partial charge in [0, 0.05) is 6.42 Å². The van der Waals surface area contributed by atoms with Crippen molar-refractivity contribution in [1.29, 1.82) is 0 Å². The molecular formula is C14H24NO6+. The maximum Gasteiger partial charge on any atom is 0.359 e. The minimum Gasteiger partial charge on any atom is -0.477 e. The molecule has 7 heteroatoms. The zero-order valence-electron chi connectivity index (χ0n) is 12.3. The van der Waals surface area contributed by atoms with Gasteiger partial charge in [-0.15, -0.1) is 0 Å². The number of carbonyl (C=O) groups is 3. The molecule has 0 amide bonds. The Labute approximate surface area is 124 Å². The van der Waals surface area contributed by atoms with Crippen LogP contribution in [0.3, 0.4) is 0 Å². The van der Waals surface area contributed by atoms with E-state index in [1.807, 2.05) is 12.2 Å². The molecule has 120 valence electrons. The summed E-state index contributed by atoms with van der Waals surface area (Å²) >= 11 is 0. The summed E-state index contributed by atoms with van der Waals surface area (Å²) < 4.78 is -0.471. The van der Waals surface area contributed by atoms with Crippen molar-refractivity contribution in [3.63, 3.8) is 0 Å². The number of allylic oxidation sites excluding steroid dienone is 2. The first-order valence-corrected chi connectivity index (χ1v) is 6.97. The number of hydrogen-bond acceptors (Lipinski definition) is 3. The molecule has 0 aromatic heterocycles. The summed E-state index contributed by atoms with van der Waals surface area (Å²) in [6, 6.07) is 0. The lowest BCUT2D eigenvalue weighted by Crippen LogP contribution is -2.57. The van der Waals surface area contributed by atoms with E-state index in [-0.39, 0.29) is 6.54 Å². The lowest BCUT2D eigenvalue weighted by Gasteiger charge is -2.34. The summed E-state index contributed by atoms with van der Waals surface area (Å²) in [7, 11) is 0. The van der Waals surface area contributed by atoms with Gasteiger partial charge in [-0.2, -0.15) is 0 Å². The molecule has 7 nitrogen and oxygen atoms in total. The van der Waals surface area contributed by atoms with E-state index in [0.29, 0.717) is 12.8 Å². The third kappa shape index (κ3) is 9.61. The molecule has 0 heterocycles. The van der Waals surface area contributed by atoms with Gasteiger partial charge >= 0.3 is 17.9 Å². The van der Waals surface area contributed by atoms with E-state index in [2.05, 4.69) is 6.92 Å². The maximum absolute atomic E-state index is 10.9. The third-order valence-corrected chi connectivity index (χ3v) is 3.04. The second-order valence-corrected chi connectivity index (χ2v) is 5.12. The predicted molar refractivity (Wildman–Crippen MR) is 75.9 cm³/mol. The Balaban J connectivity index is 4.76. The molecule has 0 spiro atoms. The zero-order chi connectivity index (χ0) is 16.3. The summed E-state index contributed by atoms with van der Waals surface area (Å²) in [5.41, 5.74) is 0. The third-order valence-electron chi connectivity index (χ3n) is 3.04. The van der Waals surface area contributed by atoms with Gasteiger partial charge in [-0.1, -0.05) is 25.5 Å². The molecule has 0 bridgehead atoms. The molecule has 0 rings (SSSR count). The first-order valence-electron chi connectivity index (χ1n) is 6.97. The number of carboxylic acid groups (broad SMARTS) is 3. The second kappa shape index (κ2) is 9.93. The number of aliphatic carboxylic acids is 3. The molecule has 3 N–H and O–H groups in total. The number of nitrogens with zero attached hydrogens (tertiary/aromatic N) is 1. The van der Waals surface area contributed by atoms with Gasteiger partial charge in [-0.25, -0.2) is 14.4 Å². The maximum atomic E-state index is 10.9. The van der Waals surface area contributed by atoms with Gasteiger partial charge in [0.15, 0.2) is 19.6 Å². The molecule has 0 unspecified atom stereocenters. The molecule has 0 saturated heterocycles. The molecule has 0 aliphatic rings. The monoisotopic (exact) mass is 302 g/mol. The average molecular weight is 302 g/mol. The van der Waals surface area contributed by atoms with Crippen LogP contribution in [0.4, 0.5) is 0 Å². The smallest absolute Gasteiger partial charge is 0.359 e. The Kier molecular flexibility index (Phi) is 9.03. The minimum absolute atomic E-state index is 0.210. The van der Waals surface area contributed by atoms with Crippen LogP contribution in [0.25, 0.3) is 0 Å². The van der Waals surface area contributed by atoms with E-state index in [4.69, 9.17) is 15.3 Å². The average Bonchev–Trinajstić information content (AvgIpc) is 2.30. The van der Waals surface area contributed by atoms with Gasteiger partial charge in [0.2, 0.25) is 0 Å². The van der Waals surface area contributed by atoms with Gasteiger partial charge in [-0.3, -0.25) is 4.48 Å². The molecular weight excluding hydrogens is 278 g/mol. The fraction of sp³-hybridized carbons (Fsp3) is 0.643. The van der Waals surface area contributed by atoms with E-state index < -0.39 is 42.0 Å². The van der Waals surface area contributed by atoms with E-state index in [1.54, 1.807) is 0 Å². The van der Waals surface area contributed by atoms with Crippen molar-refractivity contribution in [2.75, 3.05) is 26.2 Å². The molecule has 0 aliphatic carbocycles. The van der Waals surface area contributed by atoms with Crippen molar-refractivity contribution in [2.24, 2.45) is 0 Å². The highest BCUT2D eigenvalue weighted by Crippen LogP contribution is 2.11. The molecule has 0 saturated carbocycles. The van der Waals surface area contributed by atoms with E-state index in [1.165, 1.54) is 0 Å². The lowest BCUT2D eigenvalue weighted by atomic mass is 10.2. The number of hydrogen-bond donors (Lipinski definition) is 3. The number of quaternary nitrogens is 1. The highest BCUT2D eigenvalue weighted by atomic mass is 16.4. The Hall–Kier alpha value is -1.89. The Morgan fingerprint density at radius 3 is 1.67 bits per heavy atom. The van der Waals surface area contributed by atoms with E-state index in [0.717, 1.165) is 12.8 Å². The van der Waals surface area contributed by atoms with Crippen molar-refractivity contribution in [3.05, 3.63) is 12.2 Å². The SMILES string of the molecule is CCC/C=C/CCC[N+](CC(=O)O)(CC(=O)O)CC(=O)O. The van der Waals surface area contributed by atoms with Crippen LogP contribution in [0.5, 0.6) is 0 Å². The summed E-state index contributed by atoms with van der Waals surface area (Å²) in [4.78, 5) is 32.8. The molecule has 0 atom stereocenters.